The molecule has 4 heteroatoms. The van der Waals surface area contributed by atoms with Gasteiger partial charge in [-0.05, 0) is 18.8 Å². The van der Waals surface area contributed by atoms with Crippen molar-refractivity contribution in [1.29, 1.82) is 0 Å². The third-order valence-corrected chi connectivity index (χ3v) is 3.30. The lowest BCUT2D eigenvalue weighted by Crippen LogP contribution is -2.48. The van der Waals surface area contributed by atoms with Crippen LogP contribution in [0.5, 0.6) is 0 Å². The molecule has 0 spiro atoms. The maximum absolute atomic E-state index is 11.5. The van der Waals surface area contributed by atoms with Crippen LogP contribution in [0, 0.1) is 11.8 Å². The smallest absolute Gasteiger partial charge is 0.223 e. The average Bonchev–Trinajstić information content (AvgIpc) is 3.09. The Bertz CT molecular complexity index is 264. The molecule has 2 aliphatic rings. The number of amides is 1. The van der Waals surface area contributed by atoms with E-state index in [0.717, 1.165) is 39.1 Å². The molecule has 1 aliphatic heterocycles. The summed E-state index contributed by atoms with van der Waals surface area (Å²) in [5.74, 6) is 1.20. The molecule has 0 unspecified atom stereocenters. The van der Waals surface area contributed by atoms with Crippen molar-refractivity contribution in [2.24, 2.45) is 11.8 Å². The fourth-order valence-corrected chi connectivity index (χ4v) is 2.29. The third-order valence-electron chi connectivity index (χ3n) is 3.30. The molecule has 0 aromatic heterocycles. The summed E-state index contributed by atoms with van der Waals surface area (Å²) < 4.78 is 5.68. The molecule has 17 heavy (non-hydrogen) atoms. The highest BCUT2D eigenvalue weighted by atomic mass is 16.5. The lowest BCUT2D eigenvalue weighted by Gasteiger charge is -2.33. The van der Waals surface area contributed by atoms with Gasteiger partial charge in [0.1, 0.15) is 0 Å². The van der Waals surface area contributed by atoms with Crippen LogP contribution in [0.25, 0.3) is 0 Å². The molecular weight excluding hydrogens is 216 g/mol. The molecule has 98 valence electrons. The summed E-state index contributed by atoms with van der Waals surface area (Å²) in [7, 11) is 0. The summed E-state index contributed by atoms with van der Waals surface area (Å²) >= 11 is 0. The number of hydrogen-bond acceptors (Lipinski definition) is 3. The van der Waals surface area contributed by atoms with Crippen molar-refractivity contribution < 1.29 is 9.53 Å². The highest BCUT2D eigenvalue weighted by Crippen LogP contribution is 2.28. The van der Waals surface area contributed by atoms with Gasteiger partial charge in [0, 0.05) is 32.1 Å². The van der Waals surface area contributed by atoms with E-state index in [-0.39, 0.29) is 12.0 Å². The third kappa shape index (κ3) is 4.28. The summed E-state index contributed by atoms with van der Waals surface area (Å²) in [6.45, 7) is 9.02. The number of nitrogens with zero attached hydrogens (tertiary/aromatic N) is 1. The van der Waals surface area contributed by atoms with Gasteiger partial charge in [-0.2, -0.15) is 0 Å². The summed E-state index contributed by atoms with van der Waals surface area (Å²) in [5.41, 5.74) is 0. The number of ether oxygens (including phenoxy) is 1. The Morgan fingerprint density at radius 3 is 2.88 bits per heavy atom. The molecule has 0 aromatic rings. The largest absolute Gasteiger partial charge is 0.374 e. The first-order chi connectivity index (χ1) is 8.15. The van der Waals surface area contributed by atoms with Crippen LogP contribution in [0.1, 0.15) is 26.7 Å². The molecule has 1 saturated carbocycles. The Kier molecular flexibility index (Phi) is 4.40. The van der Waals surface area contributed by atoms with Gasteiger partial charge in [0.15, 0.2) is 0 Å². The minimum Gasteiger partial charge on any atom is -0.374 e. The second-order valence-corrected chi connectivity index (χ2v) is 5.67. The van der Waals surface area contributed by atoms with Gasteiger partial charge >= 0.3 is 0 Å². The molecule has 2 rings (SSSR count). The molecule has 1 heterocycles. The van der Waals surface area contributed by atoms with Crippen LogP contribution in [0.15, 0.2) is 0 Å². The zero-order valence-electron chi connectivity index (χ0n) is 10.9. The monoisotopic (exact) mass is 240 g/mol. The molecule has 0 aromatic carbocycles. The molecule has 1 saturated heterocycles. The first-order valence-electron chi connectivity index (χ1n) is 6.77. The molecule has 1 atom stereocenters. The molecule has 0 bridgehead atoms. The van der Waals surface area contributed by atoms with E-state index in [9.17, 15) is 4.79 Å². The van der Waals surface area contributed by atoms with Gasteiger partial charge < -0.3 is 10.1 Å². The van der Waals surface area contributed by atoms with Crippen molar-refractivity contribution in [2.75, 3.05) is 32.8 Å². The minimum absolute atomic E-state index is 0.171. The van der Waals surface area contributed by atoms with Crippen LogP contribution >= 0.6 is 0 Å². The van der Waals surface area contributed by atoms with Crippen molar-refractivity contribution in [1.82, 2.24) is 10.2 Å². The van der Waals surface area contributed by atoms with E-state index in [4.69, 9.17) is 4.74 Å². The molecule has 1 aliphatic carbocycles. The SMILES string of the molecule is CC(C)CN1CCO[C@@H](CNC(=O)C2CC2)C1. The number of morpholine rings is 1. The van der Waals surface area contributed by atoms with Gasteiger partial charge in [-0.15, -0.1) is 0 Å². The normalized spacial score (nSPS) is 26.2. The van der Waals surface area contributed by atoms with E-state index in [1.54, 1.807) is 0 Å². The predicted molar refractivity (Wildman–Crippen MR) is 66.8 cm³/mol. The second kappa shape index (κ2) is 5.83. The van der Waals surface area contributed by atoms with E-state index in [1.807, 2.05) is 0 Å². The highest BCUT2D eigenvalue weighted by molar-refractivity contribution is 5.80. The maximum atomic E-state index is 11.5. The Labute approximate surface area is 104 Å². The molecular formula is C13H24N2O2. The van der Waals surface area contributed by atoms with E-state index >= 15 is 0 Å². The van der Waals surface area contributed by atoms with Crippen LogP contribution in [0.2, 0.25) is 0 Å². The van der Waals surface area contributed by atoms with Crippen LogP contribution in [-0.4, -0.2) is 49.7 Å². The second-order valence-electron chi connectivity index (χ2n) is 5.67. The zero-order valence-corrected chi connectivity index (χ0v) is 10.9. The first kappa shape index (κ1) is 12.8. The van der Waals surface area contributed by atoms with Crippen LogP contribution < -0.4 is 5.32 Å². The number of rotatable bonds is 5. The maximum Gasteiger partial charge on any atom is 0.223 e. The number of carbonyl (C=O) groups excluding carboxylic acids is 1. The predicted octanol–water partition coefficient (Wildman–Crippen LogP) is 0.869. The number of hydrogen-bond donors (Lipinski definition) is 1. The van der Waals surface area contributed by atoms with Crippen LogP contribution in [-0.2, 0) is 9.53 Å². The van der Waals surface area contributed by atoms with Crippen molar-refractivity contribution in [3.05, 3.63) is 0 Å². The van der Waals surface area contributed by atoms with Crippen molar-refractivity contribution in [2.45, 2.75) is 32.8 Å². The first-order valence-corrected chi connectivity index (χ1v) is 6.77. The van der Waals surface area contributed by atoms with Gasteiger partial charge in [0.2, 0.25) is 5.91 Å². The summed E-state index contributed by atoms with van der Waals surface area (Å²) in [5, 5.41) is 3.00. The van der Waals surface area contributed by atoms with Gasteiger partial charge in [0.25, 0.3) is 0 Å². The molecule has 2 fully saturated rings. The van der Waals surface area contributed by atoms with Crippen molar-refractivity contribution in [3.63, 3.8) is 0 Å². The molecule has 4 nitrogen and oxygen atoms in total. The fourth-order valence-electron chi connectivity index (χ4n) is 2.29. The number of nitrogens with one attached hydrogen (secondary N) is 1. The Hall–Kier alpha value is -0.610. The van der Waals surface area contributed by atoms with Gasteiger partial charge in [-0.3, -0.25) is 9.69 Å². The van der Waals surface area contributed by atoms with E-state index < -0.39 is 0 Å². The van der Waals surface area contributed by atoms with Crippen LogP contribution in [0.4, 0.5) is 0 Å². The van der Waals surface area contributed by atoms with Crippen molar-refractivity contribution in [3.8, 4) is 0 Å². The quantitative estimate of drug-likeness (QED) is 0.775. The van der Waals surface area contributed by atoms with Crippen LogP contribution in [0.3, 0.4) is 0 Å². The fraction of sp³-hybridized carbons (Fsp3) is 0.923. The zero-order chi connectivity index (χ0) is 12.3. The Morgan fingerprint density at radius 2 is 2.24 bits per heavy atom. The van der Waals surface area contributed by atoms with Gasteiger partial charge in [-0.25, -0.2) is 0 Å². The topological polar surface area (TPSA) is 41.6 Å². The number of carbonyl (C=O) groups is 1. The lowest BCUT2D eigenvalue weighted by molar-refractivity contribution is -0.123. The summed E-state index contributed by atoms with van der Waals surface area (Å²) in [4.78, 5) is 14.0. The van der Waals surface area contributed by atoms with E-state index in [2.05, 4.69) is 24.1 Å². The van der Waals surface area contributed by atoms with E-state index in [0.29, 0.717) is 18.4 Å². The van der Waals surface area contributed by atoms with E-state index in [1.165, 1.54) is 0 Å². The Morgan fingerprint density at radius 1 is 1.47 bits per heavy atom. The minimum atomic E-state index is 0.171. The Balaban J connectivity index is 1.67. The van der Waals surface area contributed by atoms with Gasteiger partial charge in [-0.1, -0.05) is 13.8 Å². The van der Waals surface area contributed by atoms with Gasteiger partial charge in [0.05, 0.1) is 12.7 Å². The average molecular weight is 240 g/mol. The standard InChI is InChI=1S/C13H24N2O2/c1-10(2)8-15-5-6-17-12(9-15)7-14-13(16)11-3-4-11/h10-12H,3-9H2,1-2H3,(H,14,16)/t12-/m0/s1. The lowest BCUT2D eigenvalue weighted by atomic mass is 10.2. The molecule has 0 radical (unpaired) electrons. The summed E-state index contributed by atoms with van der Waals surface area (Å²) in [6.07, 6.45) is 2.30. The van der Waals surface area contributed by atoms with Crippen molar-refractivity contribution >= 4 is 5.91 Å². The highest BCUT2D eigenvalue weighted by Gasteiger charge is 2.30. The molecule has 1 amide bonds. The summed E-state index contributed by atoms with van der Waals surface area (Å²) in [6, 6.07) is 0. The molecule has 1 N–H and O–H groups in total.